The van der Waals surface area contributed by atoms with Crippen molar-refractivity contribution >= 4 is 0 Å². The number of hydrogen-bond donors (Lipinski definition) is 0. The predicted molar refractivity (Wildman–Crippen MR) is 94.3 cm³/mol. The van der Waals surface area contributed by atoms with E-state index in [1.54, 1.807) is 0 Å². The van der Waals surface area contributed by atoms with E-state index in [1.807, 2.05) is 0 Å². The van der Waals surface area contributed by atoms with E-state index in [1.165, 1.54) is 89.9 Å². The number of rotatable bonds is 15. The molecule has 0 bridgehead atoms. The van der Waals surface area contributed by atoms with Crippen LogP contribution in [0.5, 0.6) is 0 Å². The SMILES string of the molecule is CCCCCCC(C)CCCC(CCC)CCCCC. The van der Waals surface area contributed by atoms with Crippen molar-refractivity contribution in [2.75, 3.05) is 0 Å². The van der Waals surface area contributed by atoms with Gasteiger partial charge in [-0.05, 0) is 11.8 Å². The van der Waals surface area contributed by atoms with Crippen LogP contribution in [0.25, 0.3) is 0 Å². The first-order valence-electron chi connectivity index (χ1n) is 9.74. The van der Waals surface area contributed by atoms with Crippen molar-refractivity contribution in [2.24, 2.45) is 11.8 Å². The van der Waals surface area contributed by atoms with Crippen LogP contribution in [0.2, 0.25) is 0 Å². The summed E-state index contributed by atoms with van der Waals surface area (Å²) in [5, 5.41) is 0. The average Bonchev–Trinajstić information content (AvgIpc) is 2.44. The van der Waals surface area contributed by atoms with Gasteiger partial charge in [0.25, 0.3) is 0 Å². The Morgan fingerprint density at radius 3 is 1.70 bits per heavy atom. The van der Waals surface area contributed by atoms with Gasteiger partial charge in [0.15, 0.2) is 0 Å². The second-order valence-corrected chi connectivity index (χ2v) is 7.04. The van der Waals surface area contributed by atoms with E-state index in [-0.39, 0.29) is 0 Å². The molecule has 0 N–H and O–H groups in total. The molecule has 0 heteroatoms. The summed E-state index contributed by atoms with van der Waals surface area (Å²) in [4.78, 5) is 0. The van der Waals surface area contributed by atoms with Gasteiger partial charge in [-0.25, -0.2) is 0 Å². The summed E-state index contributed by atoms with van der Waals surface area (Å²) in [6.07, 6.45) is 20.2. The van der Waals surface area contributed by atoms with Gasteiger partial charge < -0.3 is 0 Å². The summed E-state index contributed by atoms with van der Waals surface area (Å²) in [7, 11) is 0. The molecular weight excluding hydrogens is 240 g/mol. The minimum Gasteiger partial charge on any atom is -0.0654 e. The van der Waals surface area contributed by atoms with Crippen molar-refractivity contribution in [2.45, 2.75) is 118 Å². The molecular formula is C20H42. The fourth-order valence-electron chi connectivity index (χ4n) is 3.34. The summed E-state index contributed by atoms with van der Waals surface area (Å²) in [6, 6.07) is 0. The molecule has 0 nitrogen and oxygen atoms in total. The van der Waals surface area contributed by atoms with Crippen LogP contribution in [0.4, 0.5) is 0 Å². The van der Waals surface area contributed by atoms with Crippen molar-refractivity contribution < 1.29 is 0 Å². The molecule has 2 unspecified atom stereocenters. The Labute approximate surface area is 130 Å². The second-order valence-electron chi connectivity index (χ2n) is 7.04. The lowest BCUT2D eigenvalue weighted by atomic mass is 9.89. The van der Waals surface area contributed by atoms with E-state index in [4.69, 9.17) is 0 Å². The van der Waals surface area contributed by atoms with E-state index in [9.17, 15) is 0 Å². The molecule has 2 atom stereocenters. The Kier molecular flexibility index (Phi) is 15.4. The molecule has 0 amide bonds. The fourth-order valence-corrected chi connectivity index (χ4v) is 3.34. The maximum absolute atomic E-state index is 2.47. The summed E-state index contributed by atoms with van der Waals surface area (Å²) < 4.78 is 0. The fraction of sp³-hybridized carbons (Fsp3) is 1.00. The Hall–Kier alpha value is 0. The molecule has 0 radical (unpaired) electrons. The number of hydrogen-bond acceptors (Lipinski definition) is 0. The van der Waals surface area contributed by atoms with Gasteiger partial charge in [0.2, 0.25) is 0 Å². The van der Waals surface area contributed by atoms with Gasteiger partial charge in [-0.15, -0.1) is 0 Å². The normalized spacial score (nSPS) is 14.4. The van der Waals surface area contributed by atoms with Gasteiger partial charge in [0, 0.05) is 0 Å². The molecule has 0 aliphatic rings. The van der Waals surface area contributed by atoms with Gasteiger partial charge in [-0.1, -0.05) is 118 Å². The Morgan fingerprint density at radius 1 is 0.500 bits per heavy atom. The molecule has 0 aromatic heterocycles. The van der Waals surface area contributed by atoms with E-state index in [0.29, 0.717) is 0 Å². The Morgan fingerprint density at radius 2 is 1.05 bits per heavy atom. The van der Waals surface area contributed by atoms with Gasteiger partial charge in [-0.3, -0.25) is 0 Å². The maximum Gasteiger partial charge on any atom is -0.0414 e. The lowest BCUT2D eigenvalue weighted by molar-refractivity contribution is 0.358. The highest BCUT2D eigenvalue weighted by Gasteiger charge is 2.09. The van der Waals surface area contributed by atoms with Crippen molar-refractivity contribution in [1.82, 2.24) is 0 Å². The summed E-state index contributed by atoms with van der Waals surface area (Å²) in [5.74, 6) is 1.99. The molecule has 0 aromatic carbocycles. The monoisotopic (exact) mass is 282 g/mol. The van der Waals surface area contributed by atoms with Crippen LogP contribution >= 0.6 is 0 Å². The number of unbranched alkanes of at least 4 members (excludes halogenated alkanes) is 5. The first kappa shape index (κ1) is 20.0. The van der Waals surface area contributed by atoms with Gasteiger partial charge in [-0.2, -0.15) is 0 Å². The van der Waals surface area contributed by atoms with Crippen molar-refractivity contribution in [3.05, 3.63) is 0 Å². The minimum absolute atomic E-state index is 0.963. The average molecular weight is 283 g/mol. The van der Waals surface area contributed by atoms with Gasteiger partial charge in [0.1, 0.15) is 0 Å². The largest absolute Gasteiger partial charge is 0.0654 e. The summed E-state index contributed by atoms with van der Waals surface area (Å²) >= 11 is 0. The highest BCUT2D eigenvalue weighted by Crippen LogP contribution is 2.24. The highest BCUT2D eigenvalue weighted by atomic mass is 14.1. The van der Waals surface area contributed by atoms with Crippen LogP contribution in [0.3, 0.4) is 0 Å². The first-order chi connectivity index (χ1) is 9.74. The summed E-state index contributed by atoms with van der Waals surface area (Å²) in [6.45, 7) is 9.44. The molecule has 0 heterocycles. The second kappa shape index (κ2) is 15.4. The van der Waals surface area contributed by atoms with Crippen molar-refractivity contribution in [1.29, 1.82) is 0 Å². The minimum atomic E-state index is 0.963. The molecule has 0 aliphatic carbocycles. The van der Waals surface area contributed by atoms with E-state index >= 15 is 0 Å². The van der Waals surface area contributed by atoms with E-state index in [2.05, 4.69) is 27.7 Å². The van der Waals surface area contributed by atoms with Crippen LogP contribution in [-0.4, -0.2) is 0 Å². The first-order valence-corrected chi connectivity index (χ1v) is 9.74. The van der Waals surface area contributed by atoms with Gasteiger partial charge >= 0.3 is 0 Å². The highest BCUT2D eigenvalue weighted by molar-refractivity contribution is 4.62. The van der Waals surface area contributed by atoms with Crippen LogP contribution in [0, 0.1) is 11.8 Å². The smallest absolute Gasteiger partial charge is 0.0414 e. The van der Waals surface area contributed by atoms with E-state index < -0.39 is 0 Å². The molecule has 122 valence electrons. The predicted octanol–water partition coefficient (Wildman–Crippen LogP) is 7.76. The van der Waals surface area contributed by atoms with Crippen LogP contribution in [0.15, 0.2) is 0 Å². The standard InChI is InChI=1S/C20H42/c1-5-8-10-12-15-19(4)16-13-18-20(14-7-3)17-11-9-6-2/h19-20H,5-18H2,1-4H3. The van der Waals surface area contributed by atoms with E-state index in [0.717, 1.165) is 11.8 Å². The molecule has 0 rings (SSSR count). The summed E-state index contributed by atoms with van der Waals surface area (Å²) in [5.41, 5.74) is 0. The zero-order valence-electron chi connectivity index (χ0n) is 15.1. The molecule has 0 aromatic rings. The van der Waals surface area contributed by atoms with Crippen LogP contribution < -0.4 is 0 Å². The molecule has 0 spiro atoms. The Bertz CT molecular complexity index is 173. The molecule has 0 saturated heterocycles. The maximum atomic E-state index is 2.47. The topological polar surface area (TPSA) is 0 Å². The lowest BCUT2D eigenvalue weighted by Crippen LogP contribution is -2.02. The van der Waals surface area contributed by atoms with Gasteiger partial charge in [0.05, 0.1) is 0 Å². The van der Waals surface area contributed by atoms with Crippen molar-refractivity contribution in [3.63, 3.8) is 0 Å². The zero-order chi connectivity index (χ0) is 15.1. The molecule has 0 saturated carbocycles. The van der Waals surface area contributed by atoms with Crippen LogP contribution in [-0.2, 0) is 0 Å². The third-order valence-corrected chi connectivity index (χ3v) is 4.77. The van der Waals surface area contributed by atoms with Crippen LogP contribution in [0.1, 0.15) is 118 Å². The van der Waals surface area contributed by atoms with Crippen molar-refractivity contribution in [3.8, 4) is 0 Å². The lowest BCUT2D eigenvalue weighted by Gasteiger charge is -2.17. The third kappa shape index (κ3) is 13.0. The molecule has 0 aliphatic heterocycles. The molecule has 0 fully saturated rings. The zero-order valence-corrected chi connectivity index (χ0v) is 15.1. The Balaban J connectivity index is 3.59. The quantitative estimate of drug-likeness (QED) is 0.269. The third-order valence-electron chi connectivity index (χ3n) is 4.77. The molecule has 20 heavy (non-hydrogen) atoms.